The van der Waals surface area contributed by atoms with Crippen LogP contribution in [0.3, 0.4) is 0 Å². The van der Waals surface area contributed by atoms with E-state index in [1.54, 1.807) is 4.90 Å². The van der Waals surface area contributed by atoms with Crippen LogP contribution in [0.15, 0.2) is 90.5 Å². The molecule has 4 rings (SSSR count). The lowest BCUT2D eigenvalue weighted by atomic mass is 10.1. The van der Waals surface area contributed by atoms with E-state index in [4.69, 9.17) is 11.6 Å². The fourth-order valence-corrected chi connectivity index (χ4v) is 3.33. The van der Waals surface area contributed by atoms with E-state index in [0.29, 0.717) is 10.6 Å². The first kappa shape index (κ1) is 17.3. The second kappa shape index (κ2) is 7.26. The first-order valence-electron chi connectivity index (χ1n) is 8.77. The molecule has 1 aliphatic rings. The minimum atomic E-state index is -0.0330. The zero-order valence-corrected chi connectivity index (χ0v) is 15.6. The van der Waals surface area contributed by atoms with E-state index in [-0.39, 0.29) is 5.91 Å². The fourth-order valence-electron chi connectivity index (χ4n) is 3.20. The summed E-state index contributed by atoms with van der Waals surface area (Å²) < 4.78 is 0. The van der Waals surface area contributed by atoms with Crippen molar-refractivity contribution in [3.63, 3.8) is 0 Å². The van der Waals surface area contributed by atoms with Gasteiger partial charge in [-0.05, 0) is 60.0 Å². The van der Waals surface area contributed by atoms with Crippen LogP contribution < -0.4 is 4.90 Å². The van der Waals surface area contributed by atoms with Gasteiger partial charge in [0, 0.05) is 16.3 Å². The van der Waals surface area contributed by atoms with Crippen molar-refractivity contribution in [3.8, 4) is 0 Å². The van der Waals surface area contributed by atoms with Crippen molar-refractivity contribution < 1.29 is 4.79 Å². The SMILES string of the molecule is Cc1cccc(N2C(=O)/C(=C/c3ccccc3)C=C2c2ccc(Cl)cc2)c1. The Bertz CT molecular complexity index is 1050. The molecule has 3 aromatic rings. The van der Waals surface area contributed by atoms with Gasteiger partial charge in [-0.15, -0.1) is 0 Å². The second-order valence-electron chi connectivity index (χ2n) is 6.53. The summed E-state index contributed by atoms with van der Waals surface area (Å²) in [6, 6.07) is 25.4. The third kappa shape index (κ3) is 3.57. The molecule has 0 bridgehead atoms. The smallest absolute Gasteiger partial charge is 0.262 e. The number of aryl methyl sites for hydroxylation is 1. The Morgan fingerprint density at radius 1 is 0.889 bits per heavy atom. The van der Waals surface area contributed by atoms with Crippen molar-refractivity contribution in [1.29, 1.82) is 0 Å². The third-order valence-corrected chi connectivity index (χ3v) is 4.76. The molecule has 0 atom stereocenters. The monoisotopic (exact) mass is 371 g/mol. The Labute approximate surface area is 164 Å². The van der Waals surface area contributed by atoms with Gasteiger partial charge in [-0.3, -0.25) is 9.69 Å². The van der Waals surface area contributed by atoms with Gasteiger partial charge in [0.2, 0.25) is 0 Å². The van der Waals surface area contributed by atoms with E-state index >= 15 is 0 Å². The highest BCUT2D eigenvalue weighted by Gasteiger charge is 2.30. The number of hydrogen-bond donors (Lipinski definition) is 0. The third-order valence-electron chi connectivity index (χ3n) is 4.50. The summed E-state index contributed by atoms with van der Waals surface area (Å²) in [5, 5.41) is 0.672. The molecule has 2 nitrogen and oxygen atoms in total. The van der Waals surface area contributed by atoms with Gasteiger partial charge >= 0.3 is 0 Å². The van der Waals surface area contributed by atoms with Crippen molar-refractivity contribution >= 4 is 35.0 Å². The molecule has 1 heterocycles. The first-order valence-corrected chi connectivity index (χ1v) is 9.15. The van der Waals surface area contributed by atoms with Crippen LogP contribution in [0.1, 0.15) is 16.7 Å². The molecule has 0 fully saturated rings. The molecule has 0 aliphatic carbocycles. The van der Waals surface area contributed by atoms with Crippen molar-refractivity contribution in [3.05, 3.63) is 112 Å². The Morgan fingerprint density at radius 2 is 1.63 bits per heavy atom. The summed E-state index contributed by atoms with van der Waals surface area (Å²) in [6.07, 6.45) is 3.87. The predicted octanol–water partition coefficient (Wildman–Crippen LogP) is 6.12. The molecule has 27 heavy (non-hydrogen) atoms. The number of carbonyl (C=O) groups is 1. The van der Waals surface area contributed by atoms with E-state index in [1.165, 1.54) is 0 Å². The molecule has 1 aliphatic heterocycles. The minimum Gasteiger partial charge on any atom is -0.276 e. The van der Waals surface area contributed by atoms with Crippen LogP contribution in [0.25, 0.3) is 11.8 Å². The molecule has 0 N–H and O–H groups in total. The molecule has 1 amide bonds. The van der Waals surface area contributed by atoms with Gasteiger partial charge in [-0.2, -0.15) is 0 Å². The van der Waals surface area contributed by atoms with Gasteiger partial charge < -0.3 is 0 Å². The van der Waals surface area contributed by atoms with Crippen molar-refractivity contribution in [2.24, 2.45) is 0 Å². The number of nitrogens with zero attached hydrogens (tertiary/aromatic N) is 1. The Hall–Kier alpha value is -3.10. The molecule has 0 unspecified atom stereocenters. The minimum absolute atomic E-state index is 0.0330. The summed E-state index contributed by atoms with van der Waals surface area (Å²) >= 11 is 6.05. The molecule has 0 aromatic heterocycles. The summed E-state index contributed by atoms with van der Waals surface area (Å²) in [4.78, 5) is 15.0. The lowest BCUT2D eigenvalue weighted by Gasteiger charge is -2.21. The molecule has 0 saturated heterocycles. The highest BCUT2D eigenvalue weighted by Crippen LogP contribution is 2.35. The van der Waals surface area contributed by atoms with Crippen LogP contribution in [0.4, 0.5) is 5.69 Å². The zero-order chi connectivity index (χ0) is 18.8. The number of amides is 1. The van der Waals surface area contributed by atoms with Crippen LogP contribution in [0, 0.1) is 6.92 Å². The maximum atomic E-state index is 13.3. The van der Waals surface area contributed by atoms with E-state index in [1.807, 2.05) is 97.9 Å². The van der Waals surface area contributed by atoms with Crippen molar-refractivity contribution in [2.45, 2.75) is 6.92 Å². The lowest BCUT2D eigenvalue weighted by molar-refractivity contribution is -0.113. The normalized spacial score (nSPS) is 15.3. The van der Waals surface area contributed by atoms with E-state index in [9.17, 15) is 4.79 Å². The van der Waals surface area contributed by atoms with E-state index in [2.05, 4.69) is 0 Å². The average molecular weight is 372 g/mol. The maximum absolute atomic E-state index is 13.3. The summed E-state index contributed by atoms with van der Waals surface area (Å²) in [6.45, 7) is 2.02. The number of benzene rings is 3. The molecule has 0 radical (unpaired) electrons. The molecule has 132 valence electrons. The predicted molar refractivity (Wildman–Crippen MR) is 113 cm³/mol. The Kier molecular flexibility index (Phi) is 4.66. The van der Waals surface area contributed by atoms with Gasteiger partial charge in [0.05, 0.1) is 5.70 Å². The zero-order valence-electron chi connectivity index (χ0n) is 14.9. The van der Waals surface area contributed by atoms with Crippen molar-refractivity contribution in [1.82, 2.24) is 0 Å². The largest absolute Gasteiger partial charge is 0.276 e. The van der Waals surface area contributed by atoms with Crippen LogP contribution in [0.2, 0.25) is 5.02 Å². The quantitative estimate of drug-likeness (QED) is 0.508. The molecular formula is C24H18ClNO. The van der Waals surface area contributed by atoms with Crippen LogP contribution in [0.5, 0.6) is 0 Å². The number of hydrogen-bond acceptors (Lipinski definition) is 1. The van der Waals surface area contributed by atoms with Gasteiger partial charge in [0.1, 0.15) is 0 Å². The van der Waals surface area contributed by atoms with Crippen LogP contribution in [-0.2, 0) is 4.79 Å². The van der Waals surface area contributed by atoms with E-state index < -0.39 is 0 Å². The van der Waals surface area contributed by atoms with Crippen LogP contribution in [-0.4, -0.2) is 5.91 Å². The number of rotatable bonds is 3. The summed E-state index contributed by atoms with van der Waals surface area (Å²) in [5.41, 5.74) is 5.43. The van der Waals surface area contributed by atoms with Crippen molar-refractivity contribution in [2.75, 3.05) is 4.90 Å². The average Bonchev–Trinajstić information content (AvgIpc) is 2.99. The topological polar surface area (TPSA) is 20.3 Å². The molecule has 3 heteroatoms. The maximum Gasteiger partial charge on any atom is 0.262 e. The van der Waals surface area contributed by atoms with Gasteiger partial charge in [0.25, 0.3) is 5.91 Å². The van der Waals surface area contributed by atoms with Gasteiger partial charge in [-0.1, -0.05) is 66.2 Å². The standard InChI is InChI=1S/C24H18ClNO/c1-17-6-5-9-22(14-17)26-23(19-10-12-21(25)13-11-19)16-20(24(26)27)15-18-7-3-2-4-8-18/h2-16H,1H3/b20-15+. The lowest BCUT2D eigenvalue weighted by Crippen LogP contribution is -2.25. The molecule has 3 aromatic carbocycles. The number of carbonyl (C=O) groups excluding carboxylic acids is 1. The Balaban J connectivity index is 1.84. The summed E-state index contributed by atoms with van der Waals surface area (Å²) in [7, 11) is 0. The first-order chi connectivity index (χ1) is 13.1. The Morgan fingerprint density at radius 3 is 2.33 bits per heavy atom. The molecular weight excluding hydrogens is 354 g/mol. The molecule has 0 saturated carbocycles. The fraction of sp³-hybridized carbons (Fsp3) is 0.0417. The molecule has 0 spiro atoms. The van der Waals surface area contributed by atoms with Crippen LogP contribution >= 0.6 is 11.6 Å². The van der Waals surface area contributed by atoms with E-state index in [0.717, 1.165) is 28.1 Å². The second-order valence-corrected chi connectivity index (χ2v) is 6.96. The highest BCUT2D eigenvalue weighted by molar-refractivity contribution is 6.30. The summed E-state index contributed by atoms with van der Waals surface area (Å²) in [5.74, 6) is -0.0330. The number of anilines is 1. The van der Waals surface area contributed by atoms with Gasteiger partial charge in [0.15, 0.2) is 0 Å². The number of halogens is 1. The highest BCUT2D eigenvalue weighted by atomic mass is 35.5. The van der Waals surface area contributed by atoms with Gasteiger partial charge in [-0.25, -0.2) is 0 Å².